The molecule has 0 unspecified atom stereocenters. The van der Waals surface area contributed by atoms with Gasteiger partial charge in [0.05, 0.1) is 23.8 Å². The third-order valence-corrected chi connectivity index (χ3v) is 6.97. The normalized spacial score (nSPS) is 27.6. The average molecular weight is 391 g/mol. The summed E-state index contributed by atoms with van der Waals surface area (Å²) >= 11 is 3.59. The maximum absolute atomic E-state index is 12.7. The molecule has 0 spiro atoms. The van der Waals surface area contributed by atoms with Crippen molar-refractivity contribution >= 4 is 27.5 Å². The predicted molar refractivity (Wildman–Crippen MR) is 97.0 cm³/mol. The number of carbonyl (C=O) groups is 1. The molecule has 0 saturated heterocycles. The van der Waals surface area contributed by atoms with Crippen LogP contribution in [-0.2, 0) is 16.0 Å². The summed E-state index contributed by atoms with van der Waals surface area (Å²) in [6.07, 6.45) is 10.3. The number of hydrogen-bond acceptors (Lipinski definition) is 3. The van der Waals surface area contributed by atoms with Crippen LogP contribution in [0, 0.1) is 11.3 Å². The Balaban J connectivity index is 1.49. The van der Waals surface area contributed by atoms with Crippen molar-refractivity contribution in [1.82, 2.24) is 0 Å². The highest BCUT2D eigenvalue weighted by Gasteiger charge is 2.41. The molecule has 0 aliphatic heterocycles. The zero-order chi connectivity index (χ0) is 16.7. The van der Waals surface area contributed by atoms with Crippen LogP contribution in [0.25, 0.3) is 5.57 Å². The van der Waals surface area contributed by atoms with E-state index in [4.69, 9.17) is 9.47 Å². The molecule has 0 radical (unpaired) electrons. The molecule has 0 aromatic heterocycles. The van der Waals surface area contributed by atoms with Crippen molar-refractivity contribution in [3.8, 4) is 5.75 Å². The minimum atomic E-state index is -0.190. The molecule has 0 atom stereocenters. The van der Waals surface area contributed by atoms with Crippen LogP contribution in [0.5, 0.6) is 5.75 Å². The van der Waals surface area contributed by atoms with E-state index in [0.29, 0.717) is 12.2 Å². The molecule has 3 fully saturated rings. The lowest BCUT2D eigenvalue weighted by molar-refractivity contribution is -0.142. The van der Waals surface area contributed by atoms with Crippen molar-refractivity contribution < 1.29 is 14.3 Å². The molecule has 1 aromatic rings. The summed E-state index contributed by atoms with van der Waals surface area (Å²) in [6, 6.07) is 3.96. The molecule has 3 saturated carbocycles. The van der Waals surface area contributed by atoms with Crippen LogP contribution in [0.2, 0.25) is 0 Å². The van der Waals surface area contributed by atoms with Crippen LogP contribution in [0.3, 0.4) is 0 Å². The molecule has 24 heavy (non-hydrogen) atoms. The van der Waals surface area contributed by atoms with Gasteiger partial charge < -0.3 is 9.47 Å². The summed E-state index contributed by atoms with van der Waals surface area (Å²) in [6.45, 7) is 0.576. The largest absolute Gasteiger partial charge is 0.496 e. The van der Waals surface area contributed by atoms with E-state index in [1.54, 1.807) is 7.11 Å². The smallest absolute Gasteiger partial charge is 0.338 e. The molecule has 0 amide bonds. The van der Waals surface area contributed by atoms with E-state index in [9.17, 15) is 4.79 Å². The van der Waals surface area contributed by atoms with Gasteiger partial charge in [-0.15, -0.1) is 0 Å². The lowest BCUT2D eigenvalue weighted by atomic mass is 9.61. The first kappa shape index (κ1) is 16.2. The first-order valence-corrected chi connectivity index (χ1v) is 9.64. The molecular weight excluding hydrogens is 368 g/mol. The summed E-state index contributed by atoms with van der Waals surface area (Å²) in [5.41, 5.74) is 3.00. The topological polar surface area (TPSA) is 35.5 Å². The van der Waals surface area contributed by atoms with Gasteiger partial charge in [0.15, 0.2) is 0 Å². The van der Waals surface area contributed by atoms with Gasteiger partial charge in [-0.05, 0) is 78.4 Å². The van der Waals surface area contributed by atoms with Gasteiger partial charge in [0, 0.05) is 11.0 Å². The van der Waals surface area contributed by atoms with Gasteiger partial charge in [-0.2, -0.15) is 0 Å². The summed E-state index contributed by atoms with van der Waals surface area (Å²) in [5.74, 6) is 1.48. The van der Waals surface area contributed by atoms with Crippen LogP contribution in [0.4, 0.5) is 0 Å². The highest BCUT2D eigenvalue weighted by Crippen LogP contribution is 2.50. The van der Waals surface area contributed by atoms with Gasteiger partial charge in [-0.3, -0.25) is 0 Å². The number of rotatable bonds is 4. The van der Waals surface area contributed by atoms with E-state index in [1.165, 1.54) is 38.5 Å². The minimum absolute atomic E-state index is 0.190. The number of ether oxygens (including phenoxy) is 2. The van der Waals surface area contributed by atoms with Crippen molar-refractivity contribution in [1.29, 1.82) is 0 Å². The first-order chi connectivity index (χ1) is 11.6. The molecule has 4 aliphatic carbocycles. The molecule has 0 heterocycles. The number of allylic oxidation sites excluding steroid dienone is 1. The number of benzene rings is 1. The fourth-order valence-corrected chi connectivity index (χ4v) is 5.33. The van der Waals surface area contributed by atoms with Crippen LogP contribution in [0.1, 0.15) is 49.7 Å². The monoisotopic (exact) mass is 390 g/mol. The Morgan fingerprint density at radius 3 is 2.62 bits per heavy atom. The molecule has 2 bridgehead atoms. The van der Waals surface area contributed by atoms with Gasteiger partial charge >= 0.3 is 5.97 Å². The van der Waals surface area contributed by atoms with Crippen LogP contribution >= 0.6 is 15.9 Å². The third kappa shape index (κ3) is 2.69. The second-order valence-corrected chi connectivity index (χ2v) is 8.29. The SMILES string of the molecule is COc1ccc2c(c1Br)C(C(=O)OCC13CCC(CC1)CC3)=CC2. The fraction of sp³-hybridized carbons (Fsp3) is 0.550. The summed E-state index contributed by atoms with van der Waals surface area (Å²) in [7, 11) is 1.64. The summed E-state index contributed by atoms with van der Waals surface area (Å²) in [4.78, 5) is 12.7. The predicted octanol–water partition coefficient (Wildman–Crippen LogP) is 4.91. The van der Waals surface area contributed by atoms with Gasteiger partial charge in [0.2, 0.25) is 0 Å². The molecule has 4 heteroatoms. The van der Waals surface area contributed by atoms with Crippen LogP contribution in [-0.4, -0.2) is 19.7 Å². The molecule has 1 aromatic carbocycles. The van der Waals surface area contributed by atoms with Gasteiger partial charge in [0.1, 0.15) is 5.75 Å². The molecular formula is C20H23BrO3. The maximum Gasteiger partial charge on any atom is 0.338 e. The second-order valence-electron chi connectivity index (χ2n) is 7.50. The van der Waals surface area contributed by atoms with Gasteiger partial charge in [0.25, 0.3) is 0 Å². The number of esters is 1. The van der Waals surface area contributed by atoms with Crippen molar-refractivity contribution in [2.24, 2.45) is 11.3 Å². The molecule has 5 rings (SSSR count). The maximum atomic E-state index is 12.7. The van der Waals surface area contributed by atoms with E-state index >= 15 is 0 Å². The van der Waals surface area contributed by atoms with Crippen molar-refractivity contribution in [3.05, 3.63) is 33.8 Å². The quantitative estimate of drug-likeness (QED) is 0.685. The average Bonchev–Trinajstić information content (AvgIpc) is 3.07. The number of hydrogen-bond donors (Lipinski definition) is 0. The Bertz CT molecular complexity index is 685. The van der Waals surface area contributed by atoms with Crippen LogP contribution in [0.15, 0.2) is 22.7 Å². The molecule has 4 aliphatic rings. The van der Waals surface area contributed by atoms with E-state index in [1.807, 2.05) is 18.2 Å². The van der Waals surface area contributed by atoms with E-state index in [0.717, 1.165) is 33.7 Å². The Morgan fingerprint density at radius 1 is 1.25 bits per heavy atom. The Hall–Kier alpha value is -1.29. The van der Waals surface area contributed by atoms with Crippen molar-refractivity contribution in [3.63, 3.8) is 0 Å². The molecule has 3 nitrogen and oxygen atoms in total. The van der Waals surface area contributed by atoms with Crippen molar-refractivity contribution in [2.75, 3.05) is 13.7 Å². The molecule has 0 N–H and O–H groups in total. The number of carbonyl (C=O) groups excluding carboxylic acids is 1. The number of fused-ring (bicyclic) bond motifs is 4. The Labute approximate surface area is 151 Å². The lowest BCUT2D eigenvalue weighted by Gasteiger charge is -2.46. The fourth-order valence-electron chi connectivity index (χ4n) is 4.57. The minimum Gasteiger partial charge on any atom is -0.496 e. The Kier molecular flexibility index (Phi) is 4.19. The first-order valence-electron chi connectivity index (χ1n) is 8.85. The second kappa shape index (κ2) is 6.21. The highest BCUT2D eigenvalue weighted by molar-refractivity contribution is 9.10. The summed E-state index contributed by atoms with van der Waals surface area (Å²) < 4.78 is 12.0. The zero-order valence-electron chi connectivity index (χ0n) is 14.1. The third-order valence-electron chi connectivity index (χ3n) is 6.19. The van der Waals surface area contributed by atoms with Gasteiger partial charge in [-0.1, -0.05) is 12.1 Å². The van der Waals surface area contributed by atoms with E-state index in [-0.39, 0.29) is 11.4 Å². The summed E-state index contributed by atoms with van der Waals surface area (Å²) in [5, 5.41) is 0. The molecule has 128 valence electrons. The Morgan fingerprint density at radius 2 is 1.96 bits per heavy atom. The number of halogens is 1. The van der Waals surface area contributed by atoms with Crippen LogP contribution < -0.4 is 4.74 Å². The zero-order valence-corrected chi connectivity index (χ0v) is 15.7. The van der Waals surface area contributed by atoms with E-state index in [2.05, 4.69) is 15.9 Å². The van der Waals surface area contributed by atoms with Gasteiger partial charge in [-0.25, -0.2) is 4.79 Å². The van der Waals surface area contributed by atoms with E-state index < -0.39 is 0 Å². The number of methoxy groups -OCH3 is 1. The standard InChI is InChI=1S/C20H23BrO3/c1-23-16-5-3-14-2-4-15(17(14)18(16)21)19(22)24-12-20-9-6-13(7-10-20)8-11-20/h3-5,13H,2,6-12H2,1H3. The lowest BCUT2D eigenvalue weighted by Crippen LogP contribution is -2.38. The van der Waals surface area contributed by atoms with Crippen molar-refractivity contribution in [2.45, 2.75) is 44.9 Å². The highest BCUT2D eigenvalue weighted by atomic mass is 79.9.